The van der Waals surface area contributed by atoms with Crippen LogP contribution in [0.15, 0.2) is 18.2 Å². The van der Waals surface area contributed by atoms with Crippen LogP contribution in [0, 0.1) is 13.8 Å². The van der Waals surface area contributed by atoms with E-state index in [1.807, 2.05) is 13.8 Å². The fourth-order valence-electron chi connectivity index (χ4n) is 2.42. The molecule has 0 amide bonds. The Kier molecular flexibility index (Phi) is 6.82. The molecule has 24 heavy (non-hydrogen) atoms. The van der Waals surface area contributed by atoms with Crippen molar-refractivity contribution in [2.75, 3.05) is 0 Å². The van der Waals surface area contributed by atoms with Crippen molar-refractivity contribution in [3.8, 4) is 0 Å². The molecule has 1 rings (SSSR count). The summed E-state index contributed by atoms with van der Waals surface area (Å²) in [7, 11) is -2.00. The summed E-state index contributed by atoms with van der Waals surface area (Å²) in [6.45, 7) is 19.0. The lowest BCUT2D eigenvalue weighted by atomic mass is 10.0. The number of ether oxygens (including phenoxy) is 1. The molecule has 0 aromatic heterocycles. The van der Waals surface area contributed by atoms with Crippen molar-refractivity contribution >= 4 is 14.3 Å². The van der Waals surface area contributed by atoms with Crippen LogP contribution in [0.25, 0.3) is 0 Å². The number of aryl methyl sites for hydroxylation is 2. The summed E-state index contributed by atoms with van der Waals surface area (Å²) < 4.78 is 11.9. The Morgan fingerprint density at radius 1 is 1.08 bits per heavy atom. The van der Waals surface area contributed by atoms with Crippen LogP contribution in [-0.4, -0.2) is 20.4 Å². The van der Waals surface area contributed by atoms with E-state index in [1.165, 1.54) is 11.1 Å². The van der Waals surface area contributed by atoms with E-state index < -0.39 is 8.32 Å². The van der Waals surface area contributed by atoms with Gasteiger partial charge in [0.2, 0.25) is 0 Å². The first-order valence-corrected chi connectivity index (χ1v) is 11.7. The number of carbonyl (C=O) groups excluding carboxylic acids is 1. The van der Waals surface area contributed by atoms with Gasteiger partial charge in [0.05, 0.1) is 18.6 Å². The van der Waals surface area contributed by atoms with E-state index in [0.29, 0.717) is 0 Å². The molecule has 3 nitrogen and oxygen atoms in total. The number of rotatable bonds is 6. The van der Waals surface area contributed by atoms with Crippen molar-refractivity contribution in [3.63, 3.8) is 0 Å². The Morgan fingerprint density at radius 3 is 2.00 bits per heavy atom. The van der Waals surface area contributed by atoms with Crippen LogP contribution in [-0.2, 0) is 14.0 Å². The summed E-state index contributed by atoms with van der Waals surface area (Å²) in [4.78, 5) is 12.3. The van der Waals surface area contributed by atoms with Crippen molar-refractivity contribution < 1.29 is 14.0 Å². The fraction of sp³-hybridized carbons (Fsp3) is 0.650. The van der Waals surface area contributed by atoms with Crippen LogP contribution in [0.5, 0.6) is 0 Å². The predicted octanol–water partition coefficient (Wildman–Crippen LogP) is 5.71. The Bertz CT molecular complexity index is 550. The van der Waals surface area contributed by atoms with E-state index in [4.69, 9.17) is 9.16 Å². The fourth-order valence-corrected chi connectivity index (χ4v) is 3.70. The largest absolute Gasteiger partial charge is 0.463 e. The average molecular weight is 351 g/mol. The van der Waals surface area contributed by atoms with Crippen LogP contribution >= 0.6 is 0 Å². The minimum Gasteiger partial charge on any atom is -0.463 e. The summed E-state index contributed by atoms with van der Waals surface area (Å²) in [5.41, 5.74) is 3.44. The summed E-state index contributed by atoms with van der Waals surface area (Å²) in [6, 6.07) is 6.38. The summed E-state index contributed by atoms with van der Waals surface area (Å²) in [5.74, 6) is -0.201. The van der Waals surface area contributed by atoms with Gasteiger partial charge in [-0.15, -0.1) is 0 Å². The number of hydrogen-bond donors (Lipinski definition) is 0. The molecule has 0 saturated carbocycles. The van der Waals surface area contributed by atoms with Crippen LogP contribution in [0.1, 0.15) is 63.8 Å². The normalized spacial score (nSPS) is 13.9. The molecule has 0 aliphatic carbocycles. The molecule has 0 aliphatic heterocycles. The summed E-state index contributed by atoms with van der Waals surface area (Å²) in [5, 5.41) is 0.0894. The zero-order chi connectivity index (χ0) is 18.7. The lowest BCUT2D eigenvalue weighted by Gasteiger charge is -2.39. The highest BCUT2D eigenvalue weighted by molar-refractivity contribution is 6.74. The van der Waals surface area contributed by atoms with E-state index >= 15 is 0 Å². The molecule has 0 fully saturated rings. The van der Waals surface area contributed by atoms with Crippen molar-refractivity contribution in [2.24, 2.45) is 0 Å². The van der Waals surface area contributed by atoms with Gasteiger partial charge in [-0.2, -0.15) is 0 Å². The van der Waals surface area contributed by atoms with Crippen molar-refractivity contribution in [1.82, 2.24) is 0 Å². The Morgan fingerprint density at radius 2 is 1.58 bits per heavy atom. The third-order valence-corrected chi connectivity index (χ3v) is 9.06. The quantitative estimate of drug-likeness (QED) is 0.487. The molecule has 1 atom stereocenters. The standard InChI is InChI=1S/C20H34O3Si/c1-14(2)22-19(21)13-18(23-24(8,9)20(5,6)7)17-11-15(3)10-16(4)12-17/h10-12,14,18H,13H2,1-9H3/t18-/m1/s1. The van der Waals surface area contributed by atoms with Crippen LogP contribution in [0.4, 0.5) is 0 Å². The summed E-state index contributed by atoms with van der Waals surface area (Å²) >= 11 is 0. The monoisotopic (exact) mass is 350 g/mol. The van der Waals surface area contributed by atoms with Crippen molar-refractivity contribution in [1.29, 1.82) is 0 Å². The minimum atomic E-state index is -2.00. The second-order valence-electron chi connectivity index (χ2n) is 8.53. The molecule has 0 heterocycles. The number of esters is 1. The molecule has 136 valence electrons. The lowest BCUT2D eigenvalue weighted by molar-refractivity contribution is -0.149. The van der Waals surface area contributed by atoms with Crippen LogP contribution < -0.4 is 0 Å². The zero-order valence-electron chi connectivity index (χ0n) is 16.8. The first-order valence-electron chi connectivity index (χ1n) is 8.77. The Labute approximate surface area is 148 Å². The van der Waals surface area contributed by atoms with Gasteiger partial charge in [0.15, 0.2) is 8.32 Å². The average Bonchev–Trinajstić information content (AvgIpc) is 2.33. The van der Waals surface area contributed by atoms with E-state index in [2.05, 4.69) is 65.9 Å². The maximum atomic E-state index is 12.3. The van der Waals surface area contributed by atoms with E-state index in [-0.39, 0.29) is 29.6 Å². The van der Waals surface area contributed by atoms with Crippen LogP contribution in [0.3, 0.4) is 0 Å². The molecule has 0 spiro atoms. The maximum Gasteiger partial charge on any atom is 0.308 e. The molecule has 0 radical (unpaired) electrons. The van der Waals surface area contributed by atoms with E-state index in [0.717, 1.165) is 5.56 Å². The first kappa shape index (κ1) is 20.9. The first-order chi connectivity index (χ1) is 10.8. The molecule has 0 unspecified atom stereocenters. The molecule has 1 aromatic carbocycles. The molecule has 0 N–H and O–H groups in total. The lowest BCUT2D eigenvalue weighted by Crippen LogP contribution is -2.42. The second-order valence-corrected chi connectivity index (χ2v) is 13.3. The Hall–Kier alpha value is -1.13. The molecule has 4 heteroatoms. The van der Waals surface area contributed by atoms with E-state index in [9.17, 15) is 4.79 Å². The second kappa shape index (κ2) is 7.83. The van der Waals surface area contributed by atoms with Gasteiger partial charge in [0, 0.05) is 0 Å². The maximum absolute atomic E-state index is 12.3. The van der Waals surface area contributed by atoms with Crippen molar-refractivity contribution in [2.45, 2.75) is 85.2 Å². The third kappa shape index (κ3) is 6.06. The van der Waals surface area contributed by atoms with Gasteiger partial charge in [-0.1, -0.05) is 50.1 Å². The van der Waals surface area contributed by atoms with Crippen LogP contribution in [0.2, 0.25) is 18.1 Å². The predicted molar refractivity (Wildman–Crippen MR) is 103 cm³/mol. The van der Waals surface area contributed by atoms with Gasteiger partial charge in [-0.05, 0) is 51.4 Å². The highest BCUT2D eigenvalue weighted by atomic mass is 28.4. The molecule has 1 aromatic rings. The topological polar surface area (TPSA) is 35.5 Å². The van der Waals surface area contributed by atoms with Gasteiger partial charge in [-0.25, -0.2) is 0 Å². The van der Waals surface area contributed by atoms with E-state index in [1.54, 1.807) is 0 Å². The number of benzene rings is 1. The number of carbonyl (C=O) groups is 1. The van der Waals surface area contributed by atoms with Crippen molar-refractivity contribution in [3.05, 3.63) is 34.9 Å². The molecule has 0 bridgehead atoms. The molecule has 0 saturated heterocycles. The van der Waals surface area contributed by atoms with Gasteiger partial charge < -0.3 is 9.16 Å². The molecular formula is C20H34O3Si. The van der Waals surface area contributed by atoms with Gasteiger partial charge in [0.25, 0.3) is 0 Å². The number of hydrogen-bond acceptors (Lipinski definition) is 3. The smallest absolute Gasteiger partial charge is 0.308 e. The zero-order valence-corrected chi connectivity index (χ0v) is 17.8. The Balaban J connectivity index is 3.14. The third-order valence-electron chi connectivity index (χ3n) is 4.58. The highest BCUT2D eigenvalue weighted by Gasteiger charge is 2.40. The van der Waals surface area contributed by atoms with Gasteiger partial charge in [-0.3, -0.25) is 4.79 Å². The minimum absolute atomic E-state index is 0.0894. The van der Waals surface area contributed by atoms with Gasteiger partial charge in [0.1, 0.15) is 0 Å². The SMILES string of the molecule is Cc1cc(C)cc([C@@H](CC(=O)OC(C)C)O[Si](C)(C)C(C)(C)C)c1. The van der Waals surface area contributed by atoms with Gasteiger partial charge >= 0.3 is 5.97 Å². The highest BCUT2D eigenvalue weighted by Crippen LogP contribution is 2.40. The molecular weight excluding hydrogens is 316 g/mol. The summed E-state index contributed by atoms with van der Waals surface area (Å²) in [6.07, 6.45) is -0.103. The molecule has 0 aliphatic rings.